The molecule has 1 fully saturated rings. The zero-order valence-corrected chi connectivity index (χ0v) is 16.5. The van der Waals surface area contributed by atoms with Crippen LogP contribution in [-0.4, -0.2) is 33.4 Å². The number of nitrogens with zero attached hydrogens (tertiary/aromatic N) is 1. The van der Waals surface area contributed by atoms with Gasteiger partial charge in [-0.2, -0.15) is 0 Å². The minimum absolute atomic E-state index is 0.482. The second-order valence-electron chi connectivity index (χ2n) is 7.45. The molecule has 5 heteroatoms. The highest BCUT2D eigenvalue weighted by molar-refractivity contribution is 7.52. The Morgan fingerprint density at radius 3 is 2.20 bits per heavy atom. The maximum absolute atomic E-state index is 11.3. The molecule has 0 radical (unpaired) electrons. The van der Waals surface area contributed by atoms with Gasteiger partial charge in [-0.25, -0.2) is 0 Å². The van der Waals surface area contributed by atoms with Crippen molar-refractivity contribution in [3.05, 3.63) is 35.4 Å². The zero-order chi connectivity index (χ0) is 18.1. The van der Waals surface area contributed by atoms with Crippen LogP contribution in [0.25, 0.3) is 0 Å². The summed E-state index contributed by atoms with van der Waals surface area (Å²) in [5, 5.41) is 0. The van der Waals surface area contributed by atoms with Crippen LogP contribution in [0.1, 0.15) is 69.4 Å². The molecule has 2 N–H and O–H groups in total. The minimum atomic E-state index is -3.93. The zero-order valence-electron chi connectivity index (χ0n) is 15.6. The third-order valence-electron chi connectivity index (χ3n) is 5.22. The smallest absolute Gasteiger partial charge is 0.324 e. The Balaban J connectivity index is 1.66. The minimum Gasteiger partial charge on any atom is -0.324 e. The highest BCUT2D eigenvalue weighted by Crippen LogP contribution is 2.45. The summed E-state index contributed by atoms with van der Waals surface area (Å²) in [6, 6.07) is 8.76. The fourth-order valence-electron chi connectivity index (χ4n) is 3.59. The van der Waals surface area contributed by atoms with Gasteiger partial charge in [0.15, 0.2) is 0 Å². The number of aryl methyl sites for hydroxylation is 1. The first kappa shape index (κ1) is 20.6. The second kappa shape index (κ2) is 10.5. The first-order chi connectivity index (χ1) is 12.0. The molecule has 1 aromatic rings. The number of unbranched alkanes of at least 4 members (excludes halogenated alkanes) is 6. The van der Waals surface area contributed by atoms with Crippen LogP contribution in [0.2, 0.25) is 0 Å². The molecule has 0 bridgehead atoms. The molecule has 1 aliphatic rings. The lowest BCUT2D eigenvalue weighted by Gasteiger charge is -2.17. The summed E-state index contributed by atoms with van der Waals surface area (Å²) >= 11 is 0. The van der Waals surface area contributed by atoms with Gasteiger partial charge in [-0.15, -0.1) is 0 Å². The molecular weight excluding hydrogens is 333 g/mol. The Bertz CT molecular complexity index is 540. The van der Waals surface area contributed by atoms with Crippen LogP contribution in [0, 0.1) is 0 Å². The maximum atomic E-state index is 11.3. The SMILES string of the molecule is CCCCCCCCCc1ccc(CN2CC[C@H](P(=O)(O)O)C2)cc1. The van der Waals surface area contributed by atoms with Crippen LogP contribution in [0.4, 0.5) is 0 Å². The summed E-state index contributed by atoms with van der Waals surface area (Å²) in [5.74, 6) is 0. The molecule has 0 spiro atoms. The fraction of sp³-hybridized carbons (Fsp3) is 0.700. The van der Waals surface area contributed by atoms with Crippen LogP contribution >= 0.6 is 7.60 Å². The molecule has 25 heavy (non-hydrogen) atoms. The molecule has 1 aliphatic heterocycles. The summed E-state index contributed by atoms with van der Waals surface area (Å²) in [6.07, 6.45) is 11.1. The Morgan fingerprint density at radius 2 is 1.60 bits per heavy atom. The van der Waals surface area contributed by atoms with Crippen LogP contribution in [0.15, 0.2) is 24.3 Å². The lowest BCUT2D eigenvalue weighted by atomic mass is 10.0. The van der Waals surface area contributed by atoms with Gasteiger partial charge in [0.1, 0.15) is 0 Å². The van der Waals surface area contributed by atoms with Crippen molar-refractivity contribution >= 4 is 7.60 Å². The normalized spacial score (nSPS) is 18.8. The van der Waals surface area contributed by atoms with Gasteiger partial charge in [-0.1, -0.05) is 69.7 Å². The fourth-order valence-corrected chi connectivity index (χ4v) is 4.48. The highest BCUT2D eigenvalue weighted by atomic mass is 31.2. The Hall–Kier alpha value is -0.670. The molecule has 0 amide bonds. The van der Waals surface area contributed by atoms with Crippen molar-refractivity contribution in [2.24, 2.45) is 0 Å². The van der Waals surface area contributed by atoms with E-state index in [1.165, 1.54) is 56.1 Å². The standard InChI is InChI=1S/C20H34NO3P/c1-2-3-4-5-6-7-8-9-18-10-12-19(13-11-18)16-21-15-14-20(17-21)25(22,23)24/h10-13,20H,2-9,14-17H2,1H3,(H2,22,23,24)/t20-/m0/s1. The third kappa shape index (κ3) is 7.62. The van der Waals surface area contributed by atoms with Crippen LogP contribution in [-0.2, 0) is 17.5 Å². The van der Waals surface area contributed by atoms with Gasteiger partial charge in [0, 0.05) is 13.1 Å². The molecule has 4 nitrogen and oxygen atoms in total. The molecule has 1 aromatic carbocycles. The van der Waals surface area contributed by atoms with E-state index in [-0.39, 0.29) is 0 Å². The molecular formula is C20H34NO3P. The largest absolute Gasteiger partial charge is 0.329 e. The van der Waals surface area contributed by atoms with E-state index in [2.05, 4.69) is 36.1 Å². The maximum Gasteiger partial charge on any atom is 0.329 e. The Kier molecular flexibility index (Phi) is 8.65. The quantitative estimate of drug-likeness (QED) is 0.438. The summed E-state index contributed by atoms with van der Waals surface area (Å²) in [7, 11) is -3.93. The number of likely N-dealkylation sites (tertiary alicyclic amines) is 1. The molecule has 1 saturated heterocycles. The number of rotatable bonds is 11. The summed E-state index contributed by atoms with van der Waals surface area (Å²) < 4.78 is 11.3. The van der Waals surface area contributed by atoms with Crippen LogP contribution in [0.3, 0.4) is 0 Å². The average molecular weight is 367 g/mol. The second-order valence-corrected chi connectivity index (χ2v) is 9.36. The molecule has 0 unspecified atom stereocenters. The van der Waals surface area contributed by atoms with E-state index in [4.69, 9.17) is 0 Å². The number of hydrogen-bond acceptors (Lipinski definition) is 2. The van der Waals surface area contributed by atoms with E-state index in [1.54, 1.807) is 0 Å². The summed E-state index contributed by atoms with van der Waals surface area (Å²) in [5.41, 5.74) is 2.14. The molecule has 142 valence electrons. The topological polar surface area (TPSA) is 60.8 Å². The van der Waals surface area contributed by atoms with Crippen molar-refractivity contribution in [1.82, 2.24) is 4.90 Å². The van der Waals surface area contributed by atoms with Crippen molar-refractivity contribution in [1.29, 1.82) is 0 Å². The van der Waals surface area contributed by atoms with Crippen LogP contribution in [0.5, 0.6) is 0 Å². The van der Waals surface area contributed by atoms with Gasteiger partial charge < -0.3 is 9.79 Å². The molecule has 1 heterocycles. The van der Waals surface area contributed by atoms with Gasteiger partial charge >= 0.3 is 7.60 Å². The number of hydrogen-bond donors (Lipinski definition) is 2. The van der Waals surface area contributed by atoms with E-state index < -0.39 is 13.3 Å². The predicted octanol–water partition coefficient (Wildman–Crippen LogP) is 4.73. The van der Waals surface area contributed by atoms with Crippen molar-refractivity contribution < 1.29 is 14.4 Å². The molecule has 2 rings (SSSR count). The molecule has 0 aromatic heterocycles. The first-order valence-corrected chi connectivity index (χ1v) is 11.5. The lowest BCUT2D eigenvalue weighted by Crippen LogP contribution is -2.21. The van der Waals surface area contributed by atoms with Gasteiger partial charge in [0.05, 0.1) is 5.66 Å². The van der Waals surface area contributed by atoms with E-state index in [9.17, 15) is 14.4 Å². The van der Waals surface area contributed by atoms with E-state index >= 15 is 0 Å². The van der Waals surface area contributed by atoms with E-state index in [0.29, 0.717) is 13.0 Å². The third-order valence-corrected chi connectivity index (χ3v) is 6.59. The Labute approximate surface area is 152 Å². The van der Waals surface area contributed by atoms with Crippen LogP contribution < -0.4 is 0 Å². The van der Waals surface area contributed by atoms with Crippen molar-refractivity contribution in [3.8, 4) is 0 Å². The molecule has 1 atom stereocenters. The Morgan fingerprint density at radius 1 is 1.00 bits per heavy atom. The van der Waals surface area contributed by atoms with Gasteiger partial charge in [0.25, 0.3) is 0 Å². The monoisotopic (exact) mass is 367 g/mol. The average Bonchev–Trinajstić information content (AvgIpc) is 3.04. The van der Waals surface area contributed by atoms with Gasteiger partial charge in [-0.3, -0.25) is 9.46 Å². The summed E-state index contributed by atoms with van der Waals surface area (Å²) in [4.78, 5) is 20.7. The summed E-state index contributed by atoms with van der Waals surface area (Å²) in [6.45, 7) is 4.32. The number of benzene rings is 1. The van der Waals surface area contributed by atoms with Gasteiger partial charge in [0.2, 0.25) is 0 Å². The van der Waals surface area contributed by atoms with Gasteiger partial charge in [-0.05, 0) is 36.9 Å². The van der Waals surface area contributed by atoms with E-state index in [1.807, 2.05) is 0 Å². The van der Waals surface area contributed by atoms with E-state index in [0.717, 1.165) is 19.5 Å². The molecule has 0 aliphatic carbocycles. The van der Waals surface area contributed by atoms with Crippen molar-refractivity contribution in [3.63, 3.8) is 0 Å². The first-order valence-electron chi connectivity index (χ1n) is 9.84. The lowest BCUT2D eigenvalue weighted by molar-refractivity contribution is 0.319. The predicted molar refractivity (Wildman–Crippen MR) is 104 cm³/mol. The molecule has 0 saturated carbocycles. The van der Waals surface area contributed by atoms with Crippen molar-refractivity contribution in [2.45, 2.75) is 76.9 Å². The van der Waals surface area contributed by atoms with Crippen molar-refractivity contribution in [2.75, 3.05) is 13.1 Å². The highest BCUT2D eigenvalue weighted by Gasteiger charge is 2.35.